The zero-order valence-corrected chi connectivity index (χ0v) is 19.1. The topological polar surface area (TPSA) is 74.9 Å². The fourth-order valence-corrected chi connectivity index (χ4v) is 4.58. The van der Waals surface area contributed by atoms with Crippen molar-refractivity contribution in [3.63, 3.8) is 0 Å². The lowest BCUT2D eigenvalue weighted by Gasteiger charge is -2.20. The molecule has 0 saturated carbocycles. The second kappa shape index (κ2) is 8.46. The highest BCUT2D eigenvalue weighted by molar-refractivity contribution is 7.98. The smallest absolute Gasteiger partial charge is 0.187 e. The quantitative estimate of drug-likeness (QED) is 0.382. The molecule has 3 heterocycles. The zero-order valence-electron chi connectivity index (χ0n) is 16.7. The number of nitriles is 1. The predicted octanol–water partition coefficient (Wildman–Crippen LogP) is 5.39. The van der Waals surface area contributed by atoms with Crippen molar-refractivity contribution in [3.05, 3.63) is 33.9 Å². The second-order valence-corrected chi connectivity index (χ2v) is 8.61. The third-order valence-electron chi connectivity index (χ3n) is 5.20. The van der Waals surface area contributed by atoms with E-state index in [9.17, 15) is 5.26 Å². The number of aromatic nitrogens is 3. The van der Waals surface area contributed by atoms with Gasteiger partial charge in [-0.2, -0.15) is 5.26 Å². The maximum atomic E-state index is 9.34. The largest absolute Gasteiger partial charge is 0.495 e. The van der Waals surface area contributed by atoms with Gasteiger partial charge in [0.25, 0.3) is 0 Å². The van der Waals surface area contributed by atoms with Crippen molar-refractivity contribution in [2.24, 2.45) is 5.92 Å². The van der Waals surface area contributed by atoms with Crippen molar-refractivity contribution in [2.45, 2.75) is 18.5 Å². The Morgan fingerprint density at radius 3 is 2.73 bits per heavy atom. The lowest BCUT2D eigenvalue weighted by molar-refractivity contribution is 0.415. The van der Waals surface area contributed by atoms with Gasteiger partial charge in [0, 0.05) is 30.2 Å². The van der Waals surface area contributed by atoms with E-state index in [0.717, 1.165) is 29.4 Å². The van der Waals surface area contributed by atoms with E-state index >= 15 is 0 Å². The van der Waals surface area contributed by atoms with Crippen molar-refractivity contribution >= 4 is 51.7 Å². The molecular weight excluding hydrogens is 441 g/mol. The Bertz CT molecular complexity index is 1180. The van der Waals surface area contributed by atoms with Crippen molar-refractivity contribution < 1.29 is 4.74 Å². The first kappa shape index (κ1) is 21.0. The lowest BCUT2D eigenvalue weighted by atomic mass is 10.1. The summed E-state index contributed by atoms with van der Waals surface area (Å²) >= 11 is 14.8. The summed E-state index contributed by atoms with van der Waals surface area (Å²) in [7, 11) is 1.57. The number of pyridine rings is 1. The first-order valence-electron chi connectivity index (χ1n) is 9.36. The van der Waals surface area contributed by atoms with Crippen LogP contribution in [0.3, 0.4) is 0 Å². The Labute approximate surface area is 189 Å². The fourth-order valence-electron chi connectivity index (χ4n) is 3.62. The molecule has 9 heteroatoms. The molecule has 0 amide bonds. The second-order valence-electron chi connectivity index (χ2n) is 7.09. The lowest BCUT2D eigenvalue weighted by Crippen LogP contribution is -2.21. The number of thioether (sulfide) groups is 1. The van der Waals surface area contributed by atoms with E-state index in [1.165, 1.54) is 11.8 Å². The average molecular weight is 460 g/mol. The molecule has 0 spiro atoms. The number of aryl methyl sites for hydroxylation is 1. The molecular formula is C21H19Cl2N5OS. The van der Waals surface area contributed by atoms with E-state index in [0.29, 0.717) is 44.6 Å². The molecule has 3 aromatic rings. The van der Waals surface area contributed by atoms with Crippen LogP contribution in [0.25, 0.3) is 22.2 Å². The molecule has 30 heavy (non-hydrogen) atoms. The summed E-state index contributed by atoms with van der Waals surface area (Å²) in [4.78, 5) is 16.1. The Morgan fingerprint density at radius 1 is 1.27 bits per heavy atom. The van der Waals surface area contributed by atoms with Crippen molar-refractivity contribution in [2.75, 3.05) is 31.4 Å². The van der Waals surface area contributed by atoms with Gasteiger partial charge in [-0.05, 0) is 37.3 Å². The molecule has 154 valence electrons. The standard InChI is InChI=1S/C21H19Cl2N5OS/c1-11-6-15(29-2)18(23)16(17(11)22)14-7-13-9-25-21(30-3)27-19(13)20(26-14)28-5-4-12(8-24)10-28/h6-7,9,12H,4-5,10H2,1-3H3. The number of methoxy groups -OCH3 is 1. The van der Waals surface area contributed by atoms with Crippen LogP contribution in [-0.2, 0) is 0 Å². The third kappa shape index (κ3) is 3.64. The molecule has 1 aliphatic heterocycles. The van der Waals surface area contributed by atoms with Crippen LogP contribution in [0.1, 0.15) is 12.0 Å². The van der Waals surface area contributed by atoms with E-state index in [4.69, 9.17) is 37.9 Å². The molecule has 0 bridgehead atoms. The van der Waals surface area contributed by atoms with Crippen LogP contribution in [0.2, 0.25) is 10.0 Å². The number of fused-ring (bicyclic) bond motifs is 1. The van der Waals surface area contributed by atoms with Crippen LogP contribution < -0.4 is 9.64 Å². The summed E-state index contributed by atoms with van der Waals surface area (Å²) in [6.07, 6.45) is 4.52. The van der Waals surface area contributed by atoms with Crippen LogP contribution in [0.15, 0.2) is 23.5 Å². The molecule has 1 aromatic carbocycles. The summed E-state index contributed by atoms with van der Waals surface area (Å²) in [5.41, 5.74) is 2.83. The van der Waals surface area contributed by atoms with Gasteiger partial charge < -0.3 is 9.64 Å². The number of benzene rings is 1. The van der Waals surface area contributed by atoms with Gasteiger partial charge in [-0.3, -0.25) is 0 Å². The van der Waals surface area contributed by atoms with Crippen LogP contribution in [0.5, 0.6) is 5.75 Å². The molecule has 1 aliphatic rings. The number of nitrogens with zero attached hydrogens (tertiary/aromatic N) is 5. The number of hydrogen-bond acceptors (Lipinski definition) is 7. The Hall–Kier alpha value is -2.27. The molecule has 2 aromatic heterocycles. The van der Waals surface area contributed by atoms with Gasteiger partial charge in [0.2, 0.25) is 0 Å². The Morgan fingerprint density at radius 2 is 2.07 bits per heavy atom. The van der Waals surface area contributed by atoms with Gasteiger partial charge in [-0.15, -0.1) is 0 Å². The van der Waals surface area contributed by atoms with E-state index in [1.54, 1.807) is 13.3 Å². The summed E-state index contributed by atoms with van der Waals surface area (Å²) in [5, 5.41) is 11.8. The normalized spacial score (nSPS) is 16.1. The highest BCUT2D eigenvalue weighted by Crippen LogP contribution is 2.43. The summed E-state index contributed by atoms with van der Waals surface area (Å²) < 4.78 is 5.43. The van der Waals surface area contributed by atoms with Crippen LogP contribution in [0, 0.1) is 24.2 Å². The van der Waals surface area contributed by atoms with E-state index < -0.39 is 0 Å². The molecule has 1 fully saturated rings. The molecule has 4 rings (SSSR count). The third-order valence-corrected chi connectivity index (χ3v) is 6.63. The van der Waals surface area contributed by atoms with E-state index in [2.05, 4.69) is 16.0 Å². The van der Waals surface area contributed by atoms with Gasteiger partial charge in [-0.1, -0.05) is 35.0 Å². The van der Waals surface area contributed by atoms with Gasteiger partial charge in [0.05, 0.1) is 34.8 Å². The highest BCUT2D eigenvalue weighted by Gasteiger charge is 2.27. The molecule has 0 radical (unpaired) electrons. The minimum Gasteiger partial charge on any atom is -0.495 e. The van der Waals surface area contributed by atoms with E-state index in [1.807, 2.05) is 25.3 Å². The number of rotatable bonds is 4. The average Bonchev–Trinajstić information content (AvgIpc) is 3.24. The maximum Gasteiger partial charge on any atom is 0.187 e. The molecule has 1 atom stereocenters. The predicted molar refractivity (Wildman–Crippen MR) is 122 cm³/mol. The van der Waals surface area contributed by atoms with Crippen LogP contribution >= 0.6 is 35.0 Å². The summed E-state index contributed by atoms with van der Waals surface area (Å²) in [6, 6.07) is 6.06. The van der Waals surface area contributed by atoms with Crippen molar-refractivity contribution in [1.82, 2.24) is 15.0 Å². The summed E-state index contributed by atoms with van der Waals surface area (Å²) in [6.45, 7) is 3.25. The van der Waals surface area contributed by atoms with Gasteiger partial charge in [0.15, 0.2) is 11.0 Å². The molecule has 6 nitrogen and oxygen atoms in total. The van der Waals surface area contributed by atoms with Crippen LogP contribution in [-0.4, -0.2) is 41.4 Å². The number of hydrogen-bond donors (Lipinski definition) is 0. The monoisotopic (exact) mass is 459 g/mol. The van der Waals surface area contributed by atoms with Gasteiger partial charge >= 0.3 is 0 Å². The zero-order chi connectivity index (χ0) is 21.4. The first-order valence-corrected chi connectivity index (χ1v) is 11.3. The minimum absolute atomic E-state index is 0.0291. The van der Waals surface area contributed by atoms with Gasteiger partial charge in [-0.25, -0.2) is 15.0 Å². The SMILES string of the molecule is COc1cc(C)c(Cl)c(-c2cc3cnc(SC)nc3c(N3CCC(C#N)C3)n2)c1Cl. The Kier molecular flexibility index (Phi) is 5.92. The van der Waals surface area contributed by atoms with E-state index in [-0.39, 0.29) is 5.92 Å². The highest BCUT2D eigenvalue weighted by atomic mass is 35.5. The minimum atomic E-state index is -0.0291. The fraction of sp³-hybridized carbons (Fsp3) is 0.333. The molecule has 0 N–H and O–H groups in total. The van der Waals surface area contributed by atoms with Crippen molar-refractivity contribution in [1.29, 1.82) is 5.26 Å². The number of ether oxygens (including phenoxy) is 1. The van der Waals surface area contributed by atoms with Gasteiger partial charge in [0.1, 0.15) is 11.3 Å². The molecule has 1 unspecified atom stereocenters. The summed E-state index contributed by atoms with van der Waals surface area (Å²) in [5.74, 6) is 1.22. The van der Waals surface area contributed by atoms with Crippen molar-refractivity contribution in [3.8, 4) is 23.1 Å². The van der Waals surface area contributed by atoms with Crippen LogP contribution in [0.4, 0.5) is 5.82 Å². The number of anilines is 1. The molecule has 1 saturated heterocycles. The number of halogens is 2. The first-order chi connectivity index (χ1) is 14.5. The molecule has 0 aliphatic carbocycles. The maximum absolute atomic E-state index is 9.34. The Balaban J connectivity index is 1.98.